The number of aromatic hydroxyl groups is 1. The van der Waals surface area contributed by atoms with Gasteiger partial charge in [-0.05, 0) is 85.0 Å². The van der Waals surface area contributed by atoms with E-state index in [1.54, 1.807) is 6.92 Å². The summed E-state index contributed by atoms with van der Waals surface area (Å²) < 4.78 is 113. The molecule has 1 atom stereocenters. The number of hydrogen-bond acceptors (Lipinski definition) is 20. The van der Waals surface area contributed by atoms with Crippen LogP contribution in [0.5, 0.6) is 17.2 Å². The maximum absolute atomic E-state index is 13.3. The Morgan fingerprint density at radius 3 is 1.79 bits per heavy atom. The van der Waals surface area contributed by atoms with Gasteiger partial charge in [-0.2, -0.15) is 45.6 Å². The van der Waals surface area contributed by atoms with Crippen LogP contribution in [0.4, 0.5) is 34.1 Å². The van der Waals surface area contributed by atoms with Crippen molar-refractivity contribution in [2.45, 2.75) is 34.6 Å². The van der Waals surface area contributed by atoms with E-state index in [-0.39, 0.29) is 69.5 Å². The Kier molecular flexibility index (Phi) is 14.0. The molecule has 1 aliphatic heterocycles. The number of aliphatic hydroxyl groups is 2. The van der Waals surface area contributed by atoms with Gasteiger partial charge in [0.2, 0.25) is 6.04 Å². The van der Waals surface area contributed by atoms with Crippen LogP contribution in [0, 0.1) is 13.8 Å². The number of amides is 1. The predicted molar refractivity (Wildman–Crippen MR) is 228 cm³/mol. The Balaban J connectivity index is 1.39. The summed E-state index contributed by atoms with van der Waals surface area (Å²) in [7, 11) is -14.6. The van der Waals surface area contributed by atoms with E-state index in [9.17, 15) is 68.9 Å². The van der Waals surface area contributed by atoms with Crippen LogP contribution in [-0.4, -0.2) is 109 Å². The van der Waals surface area contributed by atoms with Crippen molar-refractivity contribution in [1.29, 1.82) is 0 Å². The molecule has 0 fully saturated rings. The van der Waals surface area contributed by atoms with Crippen LogP contribution in [0.1, 0.15) is 11.1 Å². The number of hydrogen-bond donors (Lipinski definition) is 7. The SMILES string of the molecule is Cc1ccc(N=Nc2cc(OCCO)c(N=Nc3c(S(=O)(=O)O)cc4c(C)c(N=NC5C(=O)N(c6ccc(S(=O)(=O)O)cc6)N=C5C(=O)O)ccc4c3O)cc2OCCO)c(S(=O)(=O)O)c1. The molecule has 7 N–H and O–H groups in total. The first-order chi connectivity index (χ1) is 31.0. The Morgan fingerprint density at radius 2 is 1.24 bits per heavy atom. The van der Waals surface area contributed by atoms with E-state index in [4.69, 9.17) is 9.47 Å². The number of fused-ring (bicyclic) bond motifs is 1. The molecule has 1 amide bonds. The van der Waals surface area contributed by atoms with E-state index in [2.05, 4.69) is 35.8 Å². The van der Waals surface area contributed by atoms with Crippen molar-refractivity contribution in [3.8, 4) is 17.2 Å². The number of ether oxygens (including phenoxy) is 2. The molecule has 1 heterocycles. The predicted octanol–water partition coefficient (Wildman–Crippen LogP) is 5.42. The molecule has 0 bridgehead atoms. The number of hydrazone groups is 1. The topological polar surface area (TPSA) is 386 Å². The molecule has 0 saturated heterocycles. The fraction of sp³-hybridized carbons (Fsp3) is 0.184. The smallest absolute Gasteiger partial charge is 0.355 e. The van der Waals surface area contributed by atoms with Crippen molar-refractivity contribution in [2.24, 2.45) is 35.8 Å². The Morgan fingerprint density at radius 1 is 0.682 bits per heavy atom. The first kappa shape index (κ1) is 48.3. The lowest BCUT2D eigenvalue weighted by Crippen LogP contribution is -2.33. The zero-order chi connectivity index (χ0) is 48.3. The number of carboxylic acids is 1. The lowest BCUT2D eigenvalue weighted by Gasteiger charge is -2.14. The van der Waals surface area contributed by atoms with Crippen LogP contribution in [0.25, 0.3) is 10.8 Å². The van der Waals surface area contributed by atoms with Crippen molar-refractivity contribution in [1.82, 2.24) is 0 Å². The number of carbonyl (C=O) groups is 2. The van der Waals surface area contributed by atoms with Gasteiger partial charge in [0.25, 0.3) is 36.3 Å². The van der Waals surface area contributed by atoms with E-state index in [1.807, 2.05) is 0 Å². The molecule has 25 nitrogen and oxygen atoms in total. The number of anilines is 1. The summed E-state index contributed by atoms with van der Waals surface area (Å²) in [6.45, 7) is 1.29. The number of nitrogens with zero attached hydrogens (tertiary/aromatic N) is 8. The minimum Gasteiger partial charge on any atom is -0.505 e. The number of carboxylic acid groups (broad SMARTS) is 1. The van der Waals surface area contributed by atoms with E-state index >= 15 is 0 Å². The van der Waals surface area contributed by atoms with Crippen LogP contribution in [0.3, 0.4) is 0 Å². The third-order valence-electron chi connectivity index (χ3n) is 9.20. The molecule has 0 radical (unpaired) electrons. The molecular weight excluding hydrogens is 937 g/mol. The number of aryl methyl sites for hydroxylation is 2. The molecular formula is C38H34N8O17S3. The summed E-state index contributed by atoms with van der Waals surface area (Å²) in [5, 5.41) is 68.3. The zero-order valence-electron chi connectivity index (χ0n) is 33.8. The quantitative estimate of drug-likeness (QED) is 0.0452. The molecule has 6 rings (SSSR count). The molecule has 0 saturated carbocycles. The van der Waals surface area contributed by atoms with Gasteiger partial charge in [-0.3, -0.25) is 18.5 Å². The van der Waals surface area contributed by atoms with Gasteiger partial charge in [0.15, 0.2) is 11.5 Å². The second-order valence-electron chi connectivity index (χ2n) is 13.7. The summed E-state index contributed by atoms with van der Waals surface area (Å²) >= 11 is 0. The first-order valence-electron chi connectivity index (χ1n) is 18.5. The van der Waals surface area contributed by atoms with E-state index in [0.717, 1.165) is 48.5 Å². The average Bonchev–Trinajstić information content (AvgIpc) is 3.59. The fourth-order valence-electron chi connectivity index (χ4n) is 6.09. The highest BCUT2D eigenvalue weighted by molar-refractivity contribution is 7.86. The van der Waals surface area contributed by atoms with Crippen molar-refractivity contribution >= 4 is 92.8 Å². The normalized spacial score (nSPS) is 14.8. The number of azo groups is 3. The number of aliphatic carboxylic acids is 1. The molecule has 5 aromatic carbocycles. The van der Waals surface area contributed by atoms with Gasteiger partial charge in [-0.1, -0.05) is 6.07 Å². The highest BCUT2D eigenvalue weighted by atomic mass is 32.2. The van der Waals surface area contributed by atoms with Crippen molar-refractivity contribution in [3.05, 3.63) is 83.9 Å². The number of carbonyl (C=O) groups excluding carboxylic acids is 1. The van der Waals surface area contributed by atoms with Gasteiger partial charge in [0, 0.05) is 17.5 Å². The molecule has 0 spiro atoms. The van der Waals surface area contributed by atoms with Gasteiger partial charge in [0.05, 0.1) is 29.5 Å². The van der Waals surface area contributed by atoms with Gasteiger partial charge in [-0.15, -0.1) is 20.5 Å². The molecule has 346 valence electrons. The van der Waals surface area contributed by atoms with Crippen molar-refractivity contribution in [3.63, 3.8) is 0 Å². The van der Waals surface area contributed by atoms with Crippen LogP contribution >= 0.6 is 0 Å². The van der Waals surface area contributed by atoms with Gasteiger partial charge < -0.3 is 29.9 Å². The third kappa shape index (κ3) is 10.5. The van der Waals surface area contributed by atoms with Crippen molar-refractivity contribution < 1.29 is 78.4 Å². The monoisotopic (exact) mass is 970 g/mol. The molecule has 1 aliphatic rings. The maximum Gasteiger partial charge on any atom is 0.355 e. The Bertz CT molecular complexity index is 3250. The van der Waals surface area contributed by atoms with Crippen LogP contribution in [0.2, 0.25) is 0 Å². The maximum atomic E-state index is 13.3. The van der Waals surface area contributed by atoms with E-state index < -0.39 is 93.3 Å². The third-order valence-corrected chi connectivity index (χ3v) is 11.8. The minimum absolute atomic E-state index is 0.0481. The Labute approximate surface area is 373 Å². The minimum atomic E-state index is -5.23. The average molecular weight is 971 g/mol. The lowest BCUT2D eigenvalue weighted by atomic mass is 10.0. The molecule has 1 unspecified atom stereocenters. The second kappa shape index (κ2) is 19.1. The number of phenols is 1. The van der Waals surface area contributed by atoms with Crippen LogP contribution in [-0.2, 0) is 39.9 Å². The molecule has 66 heavy (non-hydrogen) atoms. The number of benzene rings is 5. The van der Waals surface area contributed by atoms with Gasteiger partial charge in [0.1, 0.15) is 57.3 Å². The summed E-state index contributed by atoms with van der Waals surface area (Å²) in [4.78, 5) is 23.3. The standard InChI is InChI=1S/C38H34N8O17S3/c1-19-3-9-26(31(15-19)65(56,57)58)40-41-27-17-30(63-14-12-48)28(18-29(27)62-13-11-47)42-43-33-32(66(59,60)61)16-24-20(2)25(10-8-23(24)36(33)49)39-44-34-35(38(51)52)45-46(37(34)50)21-4-6-22(7-5-21)64(53,54)55/h3-10,15-18,34,47-49H,11-14H2,1-2H3,(H,51,52)(H,53,54,55)(H,56,57,58)(H,59,60,61). The number of aliphatic hydroxyl groups excluding tert-OH is 2. The molecule has 5 aromatic rings. The summed E-state index contributed by atoms with van der Waals surface area (Å²) in [5.74, 6) is -3.86. The largest absolute Gasteiger partial charge is 0.505 e. The highest BCUT2D eigenvalue weighted by Gasteiger charge is 2.41. The zero-order valence-corrected chi connectivity index (χ0v) is 36.3. The van der Waals surface area contributed by atoms with E-state index in [0.29, 0.717) is 10.6 Å². The van der Waals surface area contributed by atoms with Gasteiger partial charge in [-0.25, -0.2) is 4.79 Å². The molecule has 0 aliphatic carbocycles. The van der Waals surface area contributed by atoms with Crippen LogP contribution in [0.15, 0.2) is 123 Å². The molecule has 0 aromatic heterocycles. The lowest BCUT2D eigenvalue weighted by molar-refractivity contribution is -0.130. The summed E-state index contributed by atoms with van der Waals surface area (Å²) in [6, 6.07) is 11.9. The number of phenolic OH excluding ortho intramolecular Hbond substituents is 1. The van der Waals surface area contributed by atoms with Gasteiger partial charge >= 0.3 is 5.97 Å². The fourth-order valence-corrected chi connectivity index (χ4v) is 7.92. The summed E-state index contributed by atoms with van der Waals surface area (Å²) in [6.07, 6.45) is 0. The van der Waals surface area contributed by atoms with E-state index in [1.165, 1.54) is 31.2 Å². The number of rotatable bonds is 17. The highest BCUT2D eigenvalue weighted by Crippen LogP contribution is 2.46. The first-order valence-corrected chi connectivity index (χ1v) is 22.8. The Hall–Kier alpha value is -7.18. The summed E-state index contributed by atoms with van der Waals surface area (Å²) in [5.41, 5.74) is -1.79. The molecule has 28 heteroatoms. The van der Waals surface area contributed by atoms with Crippen molar-refractivity contribution in [2.75, 3.05) is 31.4 Å². The van der Waals surface area contributed by atoms with Crippen LogP contribution < -0.4 is 14.5 Å². The second-order valence-corrected chi connectivity index (χ2v) is 17.9.